The van der Waals surface area contributed by atoms with Crippen LogP contribution in [0.15, 0.2) is 90.7 Å². The second-order valence-corrected chi connectivity index (χ2v) is 12.6. The SMILES string of the molecule is CCOC(=O)C1=C(C(F)(F)F)N=c2s/c(=C\c3cc(Br)cc(Br)c3OCc3ccc(F)cc3)c(=O)n2[C@@H]1c1ccc(Cl)cc1. The number of alkyl halides is 3. The average molecular weight is 775 g/mol. The van der Waals surface area contributed by atoms with Gasteiger partial charge in [-0.3, -0.25) is 9.36 Å². The number of hydrogen-bond donors (Lipinski definition) is 0. The van der Waals surface area contributed by atoms with Gasteiger partial charge in [-0.2, -0.15) is 13.2 Å². The Balaban J connectivity index is 1.71. The Bertz CT molecular complexity index is 1960. The number of allylic oxidation sites excluding steroid dienone is 1. The monoisotopic (exact) mass is 772 g/mol. The molecule has 6 nitrogen and oxygen atoms in total. The van der Waals surface area contributed by atoms with Gasteiger partial charge in [0.2, 0.25) is 0 Å². The molecule has 5 rings (SSSR count). The molecule has 1 atom stereocenters. The maximum absolute atomic E-state index is 14.4. The van der Waals surface area contributed by atoms with Crippen molar-refractivity contribution >= 4 is 66.8 Å². The van der Waals surface area contributed by atoms with Crippen LogP contribution in [-0.4, -0.2) is 23.3 Å². The van der Waals surface area contributed by atoms with Gasteiger partial charge in [-0.25, -0.2) is 14.2 Å². The second-order valence-electron chi connectivity index (χ2n) is 9.34. The molecule has 2 heterocycles. The lowest BCUT2D eigenvalue weighted by Crippen LogP contribution is -2.41. The van der Waals surface area contributed by atoms with Gasteiger partial charge in [0.1, 0.15) is 18.2 Å². The van der Waals surface area contributed by atoms with Crippen molar-refractivity contribution in [2.45, 2.75) is 25.7 Å². The predicted octanol–water partition coefficient (Wildman–Crippen LogP) is 7.24. The second kappa shape index (κ2) is 13.0. The van der Waals surface area contributed by atoms with Crippen molar-refractivity contribution in [1.82, 2.24) is 4.57 Å². The number of hydrogen-bond acceptors (Lipinski definition) is 6. The fraction of sp³-hybridized carbons (Fsp3) is 0.167. The van der Waals surface area contributed by atoms with Gasteiger partial charge in [-0.05, 0) is 76.5 Å². The molecule has 228 valence electrons. The van der Waals surface area contributed by atoms with E-state index in [1.54, 1.807) is 24.3 Å². The molecule has 1 aliphatic rings. The number of ether oxygens (including phenoxy) is 2. The Morgan fingerprint density at radius 3 is 2.43 bits per heavy atom. The topological polar surface area (TPSA) is 69.9 Å². The summed E-state index contributed by atoms with van der Waals surface area (Å²) in [6.07, 6.45) is -3.56. The highest BCUT2D eigenvalue weighted by Gasteiger charge is 2.45. The highest BCUT2D eigenvalue weighted by atomic mass is 79.9. The molecule has 1 aliphatic heterocycles. The van der Waals surface area contributed by atoms with Crippen molar-refractivity contribution in [2.24, 2.45) is 4.99 Å². The van der Waals surface area contributed by atoms with Crippen LogP contribution < -0.4 is 19.6 Å². The van der Waals surface area contributed by atoms with Gasteiger partial charge in [0.25, 0.3) is 5.56 Å². The number of thiazole rings is 1. The number of carbonyl (C=O) groups excluding carboxylic acids is 1. The molecular weight excluding hydrogens is 756 g/mol. The van der Waals surface area contributed by atoms with E-state index in [9.17, 15) is 27.2 Å². The zero-order valence-corrected chi connectivity index (χ0v) is 27.2. The number of rotatable bonds is 7. The van der Waals surface area contributed by atoms with Crippen LogP contribution in [0.2, 0.25) is 5.02 Å². The standard InChI is InChI=1S/C30H19Br2ClF4N2O4S/c1-2-42-28(41)23-24(16-5-7-19(33)8-6-16)39-27(40)22(44-29(39)38-26(23)30(35,36)37)12-17-11-18(31)13-21(32)25(17)43-14-15-3-9-20(34)10-4-15/h3-13,24H,2,14H2,1H3/b22-12-/t24-/m1/s1. The molecule has 14 heteroatoms. The van der Waals surface area contributed by atoms with Crippen LogP contribution in [0.4, 0.5) is 17.6 Å². The van der Waals surface area contributed by atoms with Gasteiger partial charge in [-0.1, -0.05) is 63.1 Å². The van der Waals surface area contributed by atoms with Crippen molar-refractivity contribution in [2.75, 3.05) is 6.61 Å². The molecule has 0 saturated heterocycles. The predicted molar refractivity (Wildman–Crippen MR) is 165 cm³/mol. The van der Waals surface area contributed by atoms with E-state index < -0.39 is 40.8 Å². The summed E-state index contributed by atoms with van der Waals surface area (Å²) in [4.78, 5) is 30.5. The third kappa shape index (κ3) is 6.70. The lowest BCUT2D eigenvalue weighted by atomic mass is 9.95. The summed E-state index contributed by atoms with van der Waals surface area (Å²) in [5, 5.41) is 0.312. The quantitative estimate of drug-likeness (QED) is 0.147. The lowest BCUT2D eigenvalue weighted by molar-refractivity contribution is -0.140. The average Bonchev–Trinajstić information content (AvgIpc) is 3.27. The summed E-state index contributed by atoms with van der Waals surface area (Å²) in [5.74, 6) is -1.31. The first-order chi connectivity index (χ1) is 20.9. The number of fused-ring (bicyclic) bond motifs is 1. The van der Waals surface area contributed by atoms with Crippen molar-refractivity contribution in [3.05, 3.63) is 128 Å². The highest BCUT2D eigenvalue weighted by molar-refractivity contribution is 9.11. The number of halogens is 7. The van der Waals surface area contributed by atoms with E-state index in [0.29, 0.717) is 30.8 Å². The van der Waals surface area contributed by atoms with E-state index >= 15 is 0 Å². The molecule has 0 spiro atoms. The van der Waals surface area contributed by atoms with Crippen LogP contribution in [-0.2, 0) is 16.1 Å². The van der Waals surface area contributed by atoms with Gasteiger partial charge in [-0.15, -0.1) is 0 Å². The molecular formula is C30H19Br2ClF4N2O4S. The van der Waals surface area contributed by atoms with Crippen LogP contribution in [0.1, 0.15) is 29.7 Å². The molecule has 0 fully saturated rings. The molecule has 0 radical (unpaired) electrons. The largest absolute Gasteiger partial charge is 0.487 e. The summed E-state index contributed by atoms with van der Waals surface area (Å²) >= 11 is 13.6. The zero-order chi connectivity index (χ0) is 31.8. The van der Waals surface area contributed by atoms with Crippen molar-refractivity contribution < 1.29 is 31.8 Å². The van der Waals surface area contributed by atoms with Crippen LogP contribution in [0, 0.1) is 5.82 Å². The lowest BCUT2D eigenvalue weighted by Gasteiger charge is -2.26. The van der Waals surface area contributed by atoms with E-state index in [0.717, 1.165) is 15.9 Å². The van der Waals surface area contributed by atoms with Crippen molar-refractivity contribution in [3.63, 3.8) is 0 Å². The van der Waals surface area contributed by atoms with Crippen molar-refractivity contribution in [3.8, 4) is 5.75 Å². The van der Waals surface area contributed by atoms with E-state index in [1.807, 2.05) is 0 Å². The Labute approximate surface area is 273 Å². The minimum absolute atomic E-state index is 0.0333. The molecule has 0 unspecified atom stereocenters. The molecule has 1 aromatic heterocycles. The molecule has 0 aliphatic carbocycles. The van der Waals surface area contributed by atoms with E-state index in [2.05, 4.69) is 36.9 Å². The van der Waals surface area contributed by atoms with Crippen molar-refractivity contribution in [1.29, 1.82) is 0 Å². The number of nitrogens with zero attached hydrogens (tertiary/aromatic N) is 2. The summed E-state index contributed by atoms with van der Waals surface area (Å²) in [6, 6.07) is 13.4. The van der Waals surface area contributed by atoms with Crippen LogP contribution in [0.5, 0.6) is 5.75 Å². The number of benzene rings is 3. The normalized spacial score (nSPS) is 15.2. The van der Waals surface area contributed by atoms with Gasteiger partial charge in [0, 0.05) is 15.1 Å². The summed E-state index contributed by atoms with van der Waals surface area (Å²) in [7, 11) is 0. The Morgan fingerprint density at radius 1 is 1.11 bits per heavy atom. The summed E-state index contributed by atoms with van der Waals surface area (Å²) in [5.41, 5.74) is -1.64. The minimum atomic E-state index is -5.03. The molecule has 44 heavy (non-hydrogen) atoms. The molecule has 4 aromatic rings. The van der Waals surface area contributed by atoms with E-state index in [4.69, 9.17) is 21.1 Å². The number of aromatic nitrogens is 1. The molecule has 0 amide bonds. The third-order valence-electron chi connectivity index (χ3n) is 6.40. The Morgan fingerprint density at radius 2 is 1.80 bits per heavy atom. The molecule has 0 bridgehead atoms. The summed E-state index contributed by atoms with van der Waals surface area (Å²) < 4.78 is 69.7. The third-order valence-corrected chi connectivity index (χ3v) is 8.68. The highest BCUT2D eigenvalue weighted by Crippen LogP contribution is 2.39. The van der Waals surface area contributed by atoms with Gasteiger partial charge >= 0.3 is 12.1 Å². The number of carbonyl (C=O) groups is 1. The maximum Gasteiger partial charge on any atom is 0.434 e. The molecule has 3 aromatic carbocycles. The van der Waals surface area contributed by atoms with E-state index in [1.165, 1.54) is 49.4 Å². The minimum Gasteiger partial charge on any atom is -0.487 e. The Hall–Kier alpha value is -3.26. The smallest absolute Gasteiger partial charge is 0.434 e. The first kappa shape index (κ1) is 32.1. The molecule has 0 N–H and O–H groups in total. The fourth-order valence-electron chi connectivity index (χ4n) is 4.52. The van der Waals surface area contributed by atoms with E-state index in [-0.39, 0.29) is 28.1 Å². The maximum atomic E-state index is 14.4. The van der Waals surface area contributed by atoms with Crippen LogP contribution in [0.25, 0.3) is 6.08 Å². The zero-order valence-electron chi connectivity index (χ0n) is 22.4. The van der Waals surface area contributed by atoms with Crippen LogP contribution >= 0.6 is 54.8 Å². The summed E-state index contributed by atoms with van der Waals surface area (Å²) in [6.45, 7) is 1.34. The molecule has 0 saturated carbocycles. The first-order valence-electron chi connectivity index (χ1n) is 12.8. The van der Waals surface area contributed by atoms with Gasteiger partial charge in [0.15, 0.2) is 10.5 Å². The van der Waals surface area contributed by atoms with Crippen LogP contribution in [0.3, 0.4) is 0 Å². The van der Waals surface area contributed by atoms with Gasteiger partial charge in [0.05, 0.1) is 27.2 Å². The Kier molecular flexibility index (Phi) is 9.49. The number of esters is 1. The first-order valence-corrected chi connectivity index (χ1v) is 15.6. The van der Waals surface area contributed by atoms with Gasteiger partial charge < -0.3 is 9.47 Å². The fourth-order valence-corrected chi connectivity index (χ4v) is 7.01.